The molecule has 12 heteroatoms. The Morgan fingerprint density at radius 3 is 1.52 bits per heavy atom. The van der Waals surface area contributed by atoms with E-state index in [1.54, 1.807) is 48.5 Å². The Hall–Kier alpha value is -2.78. The highest BCUT2D eigenvalue weighted by Crippen LogP contribution is 2.23. The molecular formula is C36H48N2O8S2. The van der Waals surface area contributed by atoms with Crippen LogP contribution in [0.4, 0.5) is 0 Å². The predicted molar refractivity (Wildman–Crippen MR) is 188 cm³/mol. The number of nitrogens with two attached hydrogens (primary N) is 1. The van der Waals surface area contributed by atoms with E-state index in [9.17, 15) is 18.7 Å². The third-order valence-corrected chi connectivity index (χ3v) is 10.2. The molecule has 2 atom stereocenters. The number of nitrogens with one attached hydrogen (secondary N) is 1. The summed E-state index contributed by atoms with van der Waals surface area (Å²) in [6.45, 7) is 8.56. The van der Waals surface area contributed by atoms with Crippen molar-refractivity contribution in [3.8, 4) is 0 Å². The number of carbonyl (C=O) groups is 2. The van der Waals surface area contributed by atoms with Gasteiger partial charge in [0.15, 0.2) is 15.6 Å². The normalized spacial score (nSPS) is 13.2. The van der Waals surface area contributed by atoms with Gasteiger partial charge in [0, 0.05) is 24.3 Å². The van der Waals surface area contributed by atoms with Crippen LogP contribution in [-0.4, -0.2) is 98.2 Å². The van der Waals surface area contributed by atoms with Crippen LogP contribution >= 0.6 is 0 Å². The molecule has 0 saturated carbocycles. The van der Waals surface area contributed by atoms with Gasteiger partial charge in [-0.1, -0.05) is 47.5 Å². The van der Waals surface area contributed by atoms with Crippen LogP contribution < -0.4 is 11.1 Å². The van der Waals surface area contributed by atoms with Crippen LogP contribution in [0.15, 0.2) is 82.6 Å². The molecule has 1 amide bonds. The van der Waals surface area contributed by atoms with Crippen molar-refractivity contribution in [2.75, 3.05) is 77.5 Å². The molecule has 262 valence electrons. The zero-order valence-electron chi connectivity index (χ0n) is 27.9. The summed E-state index contributed by atoms with van der Waals surface area (Å²) in [6, 6.07) is 21.0. The molecule has 48 heavy (non-hydrogen) atoms. The van der Waals surface area contributed by atoms with Crippen LogP contribution in [0.5, 0.6) is 0 Å². The highest BCUT2D eigenvalue weighted by molar-refractivity contribution is 7.92. The summed E-state index contributed by atoms with van der Waals surface area (Å²) < 4.78 is 48.3. The highest BCUT2D eigenvalue weighted by Gasteiger charge is 2.32. The Kier molecular flexibility index (Phi) is 18.8. The number of amides is 1. The van der Waals surface area contributed by atoms with Gasteiger partial charge >= 0.3 is 0 Å². The van der Waals surface area contributed by atoms with Crippen LogP contribution in [0.3, 0.4) is 0 Å². The van der Waals surface area contributed by atoms with E-state index in [-0.39, 0.29) is 23.2 Å². The summed E-state index contributed by atoms with van der Waals surface area (Å²) in [7, 11) is 0. The number of carbonyl (C=O) groups excluding carboxylic acids is 2. The standard InChI is InChI=1S/C36H48N2O8S2/c1-28-4-12-33(13-5-28)47(41)26-32(27-48(42)34-14-6-29(2)7-15-34)35(39)30-8-10-31(11-9-30)36(40)38-17-19-44-21-23-46-25-24-45-22-20-43-18-3-16-37/h4-15,32H,3,16-27,37H2,1-2H3,(H,38,40). The molecule has 2 unspecified atom stereocenters. The monoisotopic (exact) mass is 700 g/mol. The number of rotatable bonds is 24. The lowest BCUT2D eigenvalue weighted by molar-refractivity contribution is -0.00145. The SMILES string of the molecule is Cc1ccc([S+]([O-])CC(C[S+]([O-])c2ccc(C)cc2)C(=O)c2ccc(C(=O)NCCOCCOCCOCCOCCCN)cc2)cc1. The van der Waals surface area contributed by atoms with Crippen molar-refractivity contribution in [1.82, 2.24) is 5.32 Å². The van der Waals surface area contributed by atoms with Crippen LogP contribution in [0.25, 0.3) is 0 Å². The molecule has 3 rings (SSSR count). The minimum Gasteiger partial charge on any atom is -0.611 e. The second-order valence-corrected chi connectivity index (χ2v) is 14.1. The number of aryl methyl sites for hydroxylation is 2. The van der Waals surface area contributed by atoms with Crippen molar-refractivity contribution in [2.45, 2.75) is 30.1 Å². The van der Waals surface area contributed by atoms with E-state index in [2.05, 4.69) is 5.32 Å². The number of hydrogen-bond donors (Lipinski definition) is 2. The van der Waals surface area contributed by atoms with E-state index < -0.39 is 28.3 Å². The van der Waals surface area contributed by atoms with Crippen molar-refractivity contribution < 1.29 is 37.6 Å². The zero-order chi connectivity index (χ0) is 34.6. The highest BCUT2D eigenvalue weighted by atomic mass is 32.2. The number of Topliss-reactive ketones (excluding diaryl/α,β-unsaturated/α-hetero) is 1. The predicted octanol–water partition coefficient (Wildman–Crippen LogP) is 3.86. The molecular weight excluding hydrogens is 653 g/mol. The van der Waals surface area contributed by atoms with E-state index in [1.807, 2.05) is 38.1 Å². The average molecular weight is 701 g/mol. The molecule has 10 nitrogen and oxygen atoms in total. The largest absolute Gasteiger partial charge is 0.611 e. The van der Waals surface area contributed by atoms with Crippen molar-refractivity contribution in [3.63, 3.8) is 0 Å². The van der Waals surface area contributed by atoms with Gasteiger partial charge in [0.25, 0.3) is 5.91 Å². The van der Waals surface area contributed by atoms with Crippen molar-refractivity contribution in [3.05, 3.63) is 95.1 Å². The molecule has 0 heterocycles. The minimum atomic E-state index is -1.47. The Morgan fingerprint density at radius 1 is 0.646 bits per heavy atom. The van der Waals surface area contributed by atoms with Crippen molar-refractivity contribution in [2.24, 2.45) is 11.7 Å². The Bertz CT molecular complexity index is 1290. The molecule has 0 aliphatic rings. The van der Waals surface area contributed by atoms with Crippen LogP contribution in [0.2, 0.25) is 0 Å². The first-order valence-electron chi connectivity index (χ1n) is 16.1. The van der Waals surface area contributed by atoms with E-state index in [4.69, 9.17) is 24.7 Å². The summed E-state index contributed by atoms with van der Waals surface area (Å²) in [6.07, 6.45) is 0.839. The van der Waals surface area contributed by atoms with Gasteiger partial charge in [0.05, 0.1) is 46.2 Å². The summed E-state index contributed by atoms with van der Waals surface area (Å²) in [4.78, 5) is 27.6. The van der Waals surface area contributed by atoms with Crippen LogP contribution in [-0.2, 0) is 41.3 Å². The lowest BCUT2D eigenvalue weighted by atomic mass is 9.99. The third kappa shape index (κ3) is 14.8. The molecule has 3 N–H and O–H groups in total. The van der Waals surface area contributed by atoms with E-state index in [1.165, 1.54) is 0 Å². The molecule has 0 aliphatic carbocycles. The number of ether oxygens (including phenoxy) is 4. The van der Waals surface area contributed by atoms with Gasteiger partial charge in [-0.15, -0.1) is 0 Å². The van der Waals surface area contributed by atoms with Gasteiger partial charge in [0.2, 0.25) is 0 Å². The molecule has 0 saturated heterocycles. The lowest BCUT2D eigenvalue weighted by Crippen LogP contribution is -2.31. The van der Waals surface area contributed by atoms with E-state index >= 15 is 0 Å². The molecule has 0 aliphatic heterocycles. The summed E-state index contributed by atoms with van der Waals surface area (Å²) in [5.74, 6) is -1.25. The first-order chi connectivity index (χ1) is 23.3. The van der Waals surface area contributed by atoms with Crippen molar-refractivity contribution in [1.29, 1.82) is 0 Å². The van der Waals surface area contributed by atoms with Gasteiger partial charge < -0.3 is 39.1 Å². The zero-order valence-corrected chi connectivity index (χ0v) is 29.5. The maximum Gasteiger partial charge on any atom is 0.251 e. The Morgan fingerprint density at radius 2 is 1.06 bits per heavy atom. The first kappa shape index (κ1) is 39.7. The van der Waals surface area contributed by atoms with Crippen LogP contribution in [0.1, 0.15) is 38.3 Å². The summed E-state index contributed by atoms with van der Waals surface area (Å²) in [5, 5.41) is 2.80. The fraction of sp³-hybridized carbons (Fsp3) is 0.444. The number of ketones is 1. The van der Waals surface area contributed by atoms with E-state index in [0.29, 0.717) is 86.9 Å². The topological polar surface area (TPSA) is 155 Å². The molecule has 0 bridgehead atoms. The van der Waals surface area contributed by atoms with Crippen LogP contribution in [0, 0.1) is 19.8 Å². The quantitative estimate of drug-likeness (QED) is 0.0805. The maximum absolute atomic E-state index is 13.7. The Labute approximate surface area is 290 Å². The minimum absolute atomic E-state index is 0.0337. The average Bonchev–Trinajstić information content (AvgIpc) is 3.09. The van der Waals surface area contributed by atoms with Gasteiger partial charge in [-0.25, -0.2) is 0 Å². The van der Waals surface area contributed by atoms with Gasteiger partial charge in [-0.3, -0.25) is 9.59 Å². The molecule has 0 spiro atoms. The molecule has 3 aromatic carbocycles. The third-order valence-electron chi connectivity index (χ3n) is 7.22. The summed E-state index contributed by atoms with van der Waals surface area (Å²) >= 11 is -2.94. The second-order valence-electron chi connectivity index (χ2n) is 11.1. The molecule has 3 aromatic rings. The first-order valence-corrected chi connectivity index (χ1v) is 18.8. The maximum atomic E-state index is 13.7. The van der Waals surface area contributed by atoms with Gasteiger partial charge in [-0.2, -0.15) is 0 Å². The summed E-state index contributed by atoms with van der Waals surface area (Å²) in [5.41, 5.74) is 8.24. The molecule has 0 fully saturated rings. The number of hydrogen-bond acceptors (Lipinski definition) is 9. The smallest absolute Gasteiger partial charge is 0.251 e. The fourth-order valence-electron chi connectivity index (χ4n) is 4.45. The van der Waals surface area contributed by atoms with Crippen molar-refractivity contribution >= 4 is 34.0 Å². The van der Waals surface area contributed by atoms with E-state index in [0.717, 1.165) is 17.5 Å². The molecule has 0 radical (unpaired) electrons. The Balaban J connectivity index is 1.43. The second kappa shape index (κ2) is 22.8. The van der Waals surface area contributed by atoms with Gasteiger partial charge in [-0.05, 0) is 85.6 Å². The van der Waals surface area contributed by atoms with Gasteiger partial charge in [0.1, 0.15) is 17.4 Å². The molecule has 0 aromatic heterocycles. The fourth-order valence-corrected chi connectivity index (χ4v) is 7.13. The lowest BCUT2D eigenvalue weighted by Gasteiger charge is -2.20. The number of benzene rings is 3.